The van der Waals surface area contributed by atoms with Crippen molar-refractivity contribution in [3.63, 3.8) is 0 Å². The first-order valence-electron chi connectivity index (χ1n) is 6.73. The Labute approximate surface area is 94.2 Å². The minimum absolute atomic E-state index is 0.252. The molecule has 2 rings (SSSR count). The lowest BCUT2D eigenvalue weighted by atomic mass is 9.73. The van der Waals surface area contributed by atoms with Gasteiger partial charge in [-0.25, -0.2) is 0 Å². The highest BCUT2D eigenvalue weighted by Crippen LogP contribution is 2.35. The van der Waals surface area contributed by atoms with Crippen LogP contribution < -0.4 is 5.73 Å². The fourth-order valence-electron chi connectivity index (χ4n) is 2.96. The Kier molecular flexibility index (Phi) is 3.68. The monoisotopic (exact) mass is 210 g/mol. The second-order valence-corrected chi connectivity index (χ2v) is 5.63. The van der Waals surface area contributed by atoms with Crippen LogP contribution in [0.5, 0.6) is 0 Å². The highest BCUT2D eigenvalue weighted by atomic mass is 15.1. The lowest BCUT2D eigenvalue weighted by molar-refractivity contribution is 0.160. The van der Waals surface area contributed by atoms with Gasteiger partial charge in [-0.15, -0.1) is 0 Å². The maximum Gasteiger partial charge on any atom is 0.0154 e. The molecule has 2 N–H and O–H groups in total. The topological polar surface area (TPSA) is 29.3 Å². The zero-order chi connectivity index (χ0) is 10.7. The number of piperidine rings is 1. The van der Waals surface area contributed by atoms with E-state index in [1.54, 1.807) is 0 Å². The highest BCUT2D eigenvalue weighted by Gasteiger charge is 2.32. The standard InChI is InChI=1S/C13H26N2/c1-2-15-10-5-12(6-11-15)4-9-13(14)7-3-8-13/h12H,2-11,14H2,1H3. The second kappa shape index (κ2) is 4.84. The third kappa shape index (κ3) is 2.94. The van der Waals surface area contributed by atoms with Gasteiger partial charge in [0.05, 0.1) is 0 Å². The van der Waals surface area contributed by atoms with E-state index in [2.05, 4.69) is 11.8 Å². The van der Waals surface area contributed by atoms with Crippen LogP contribution in [0.1, 0.15) is 51.9 Å². The van der Waals surface area contributed by atoms with E-state index < -0.39 is 0 Å². The van der Waals surface area contributed by atoms with E-state index in [0.29, 0.717) is 0 Å². The molecular weight excluding hydrogens is 184 g/mol. The van der Waals surface area contributed by atoms with Gasteiger partial charge >= 0.3 is 0 Å². The number of rotatable bonds is 4. The van der Waals surface area contributed by atoms with Crippen LogP contribution in [0.15, 0.2) is 0 Å². The molecule has 2 aliphatic rings. The number of nitrogens with two attached hydrogens (primary N) is 1. The maximum absolute atomic E-state index is 6.26. The summed E-state index contributed by atoms with van der Waals surface area (Å²) in [6, 6.07) is 0. The normalized spacial score (nSPS) is 27.6. The zero-order valence-electron chi connectivity index (χ0n) is 10.2. The second-order valence-electron chi connectivity index (χ2n) is 5.63. The predicted octanol–water partition coefficient (Wildman–Crippen LogP) is 2.38. The molecule has 1 aliphatic heterocycles. The molecule has 0 aromatic rings. The summed E-state index contributed by atoms with van der Waals surface area (Å²) in [5.74, 6) is 0.967. The van der Waals surface area contributed by atoms with Crippen molar-refractivity contribution in [1.82, 2.24) is 4.90 Å². The minimum Gasteiger partial charge on any atom is -0.325 e. The van der Waals surface area contributed by atoms with Crippen LogP contribution in [-0.4, -0.2) is 30.1 Å². The van der Waals surface area contributed by atoms with Gasteiger partial charge in [0.25, 0.3) is 0 Å². The molecule has 15 heavy (non-hydrogen) atoms. The maximum atomic E-state index is 6.26. The molecule has 0 spiro atoms. The van der Waals surface area contributed by atoms with E-state index in [0.717, 1.165) is 5.92 Å². The van der Waals surface area contributed by atoms with Crippen LogP contribution in [0.3, 0.4) is 0 Å². The quantitative estimate of drug-likeness (QED) is 0.772. The fourth-order valence-corrected chi connectivity index (χ4v) is 2.96. The van der Waals surface area contributed by atoms with Gasteiger partial charge < -0.3 is 10.6 Å². The van der Waals surface area contributed by atoms with Gasteiger partial charge in [0, 0.05) is 5.54 Å². The molecule has 0 aromatic carbocycles. The average Bonchev–Trinajstić information content (AvgIpc) is 2.24. The van der Waals surface area contributed by atoms with E-state index in [-0.39, 0.29) is 5.54 Å². The van der Waals surface area contributed by atoms with Crippen LogP contribution in [0, 0.1) is 5.92 Å². The molecule has 2 heteroatoms. The molecule has 88 valence electrons. The summed E-state index contributed by atoms with van der Waals surface area (Å²) in [5, 5.41) is 0. The molecule has 0 amide bonds. The molecule has 0 unspecified atom stereocenters. The molecule has 0 bridgehead atoms. The van der Waals surface area contributed by atoms with Crippen molar-refractivity contribution in [2.75, 3.05) is 19.6 Å². The van der Waals surface area contributed by atoms with Gasteiger partial charge in [-0.05, 0) is 70.5 Å². The molecule has 1 saturated heterocycles. The smallest absolute Gasteiger partial charge is 0.0154 e. The first-order valence-corrected chi connectivity index (χ1v) is 6.73. The van der Waals surface area contributed by atoms with Crippen LogP contribution >= 0.6 is 0 Å². The zero-order valence-corrected chi connectivity index (χ0v) is 10.2. The van der Waals surface area contributed by atoms with Crippen LogP contribution in [0.4, 0.5) is 0 Å². The lowest BCUT2D eigenvalue weighted by Crippen LogP contribution is -2.47. The van der Waals surface area contributed by atoms with Gasteiger partial charge in [-0.2, -0.15) is 0 Å². The molecule has 0 aromatic heterocycles. The SMILES string of the molecule is CCN1CCC(CCC2(N)CCC2)CC1. The Morgan fingerprint density at radius 1 is 1.27 bits per heavy atom. The van der Waals surface area contributed by atoms with Gasteiger partial charge in [0.2, 0.25) is 0 Å². The van der Waals surface area contributed by atoms with Crippen LogP contribution in [-0.2, 0) is 0 Å². The van der Waals surface area contributed by atoms with Gasteiger partial charge in [-0.3, -0.25) is 0 Å². The molecule has 0 atom stereocenters. The van der Waals surface area contributed by atoms with E-state index >= 15 is 0 Å². The van der Waals surface area contributed by atoms with Crippen molar-refractivity contribution in [1.29, 1.82) is 0 Å². The average molecular weight is 210 g/mol. The van der Waals surface area contributed by atoms with Crippen molar-refractivity contribution in [3.05, 3.63) is 0 Å². The summed E-state index contributed by atoms with van der Waals surface area (Å²) in [4.78, 5) is 2.57. The first-order chi connectivity index (χ1) is 7.22. The fraction of sp³-hybridized carbons (Fsp3) is 1.00. The Balaban J connectivity index is 1.64. The molecule has 2 nitrogen and oxygen atoms in total. The highest BCUT2D eigenvalue weighted by molar-refractivity contribution is 4.93. The van der Waals surface area contributed by atoms with E-state index in [4.69, 9.17) is 5.73 Å². The summed E-state index contributed by atoms with van der Waals surface area (Å²) in [6.45, 7) is 6.13. The Morgan fingerprint density at radius 2 is 1.93 bits per heavy atom. The van der Waals surface area contributed by atoms with Crippen LogP contribution in [0.25, 0.3) is 0 Å². The van der Waals surface area contributed by atoms with Crippen molar-refractivity contribution in [3.8, 4) is 0 Å². The number of likely N-dealkylation sites (tertiary alicyclic amines) is 1. The molecule has 1 saturated carbocycles. The molecule has 1 aliphatic carbocycles. The van der Waals surface area contributed by atoms with E-state index in [1.807, 2.05) is 0 Å². The number of hydrogen-bond acceptors (Lipinski definition) is 2. The van der Waals surface area contributed by atoms with Crippen molar-refractivity contribution >= 4 is 0 Å². The summed E-state index contributed by atoms with van der Waals surface area (Å²) in [7, 11) is 0. The summed E-state index contributed by atoms with van der Waals surface area (Å²) in [5.41, 5.74) is 6.51. The first kappa shape index (κ1) is 11.4. The van der Waals surface area contributed by atoms with Crippen molar-refractivity contribution in [2.45, 2.75) is 57.4 Å². The molecule has 2 fully saturated rings. The largest absolute Gasteiger partial charge is 0.325 e. The van der Waals surface area contributed by atoms with Crippen LogP contribution in [0.2, 0.25) is 0 Å². The van der Waals surface area contributed by atoms with Gasteiger partial charge in [-0.1, -0.05) is 6.92 Å². The van der Waals surface area contributed by atoms with E-state index in [9.17, 15) is 0 Å². The van der Waals surface area contributed by atoms with Gasteiger partial charge in [0.15, 0.2) is 0 Å². The predicted molar refractivity (Wildman–Crippen MR) is 64.8 cm³/mol. The summed E-state index contributed by atoms with van der Waals surface area (Å²) < 4.78 is 0. The van der Waals surface area contributed by atoms with Gasteiger partial charge in [0.1, 0.15) is 0 Å². The minimum atomic E-state index is 0.252. The molecule has 1 heterocycles. The molecular formula is C13H26N2. The summed E-state index contributed by atoms with van der Waals surface area (Å²) in [6.07, 6.45) is 9.40. The summed E-state index contributed by atoms with van der Waals surface area (Å²) >= 11 is 0. The van der Waals surface area contributed by atoms with E-state index in [1.165, 1.54) is 64.6 Å². The number of nitrogens with zero attached hydrogens (tertiary/aromatic N) is 1. The molecule has 0 radical (unpaired) electrons. The number of hydrogen-bond donors (Lipinski definition) is 1. The Hall–Kier alpha value is -0.0800. The Bertz CT molecular complexity index is 191. The van der Waals surface area contributed by atoms with Crippen molar-refractivity contribution < 1.29 is 0 Å². The third-order valence-electron chi connectivity index (χ3n) is 4.55. The van der Waals surface area contributed by atoms with Crippen molar-refractivity contribution in [2.24, 2.45) is 11.7 Å². The lowest BCUT2D eigenvalue weighted by Gasteiger charge is -2.40. The Morgan fingerprint density at radius 3 is 2.40 bits per heavy atom. The third-order valence-corrected chi connectivity index (χ3v) is 4.55.